The van der Waals surface area contributed by atoms with Crippen LogP contribution in [0.25, 0.3) is 0 Å². The predicted octanol–water partition coefficient (Wildman–Crippen LogP) is 2.85. The van der Waals surface area contributed by atoms with Crippen LogP contribution in [0.15, 0.2) is 0 Å². The fourth-order valence-electron chi connectivity index (χ4n) is 2.93. The van der Waals surface area contributed by atoms with Crippen LogP contribution in [0.5, 0.6) is 0 Å². The maximum Gasteiger partial charge on any atom is 0.326 e. The SMILES string of the molecule is CCCN(CCC)C(=O)NC(C(=O)O)C1CCCCC1. The Hall–Kier alpha value is -1.26. The predicted molar refractivity (Wildman–Crippen MR) is 78.7 cm³/mol. The maximum absolute atomic E-state index is 12.2. The van der Waals surface area contributed by atoms with E-state index in [1.807, 2.05) is 13.8 Å². The van der Waals surface area contributed by atoms with Crippen molar-refractivity contribution < 1.29 is 14.7 Å². The number of hydrogen-bond acceptors (Lipinski definition) is 2. The quantitative estimate of drug-likeness (QED) is 0.755. The van der Waals surface area contributed by atoms with Gasteiger partial charge in [-0.2, -0.15) is 0 Å². The van der Waals surface area contributed by atoms with Crippen LogP contribution in [-0.4, -0.2) is 41.1 Å². The van der Waals surface area contributed by atoms with Crippen molar-refractivity contribution in [1.29, 1.82) is 0 Å². The first-order chi connectivity index (χ1) is 9.60. The average Bonchev–Trinajstić information content (AvgIpc) is 2.45. The highest BCUT2D eigenvalue weighted by molar-refractivity contribution is 5.82. The Kier molecular flexibility index (Phi) is 7.41. The normalized spacial score (nSPS) is 17.5. The fourth-order valence-corrected chi connectivity index (χ4v) is 2.93. The third-order valence-corrected chi connectivity index (χ3v) is 3.94. The van der Waals surface area contributed by atoms with Gasteiger partial charge < -0.3 is 15.3 Å². The van der Waals surface area contributed by atoms with Crippen molar-refractivity contribution in [2.45, 2.75) is 64.8 Å². The summed E-state index contributed by atoms with van der Waals surface area (Å²) in [6.07, 6.45) is 6.88. The molecule has 1 fully saturated rings. The van der Waals surface area contributed by atoms with Crippen molar-refractivity contribution in [2.75, 3.05) is 13.1 Å². The molecule has 2 amide bonds. The van der Waals surface area contributed by atoms with E-state index in [1.54, 1.807) is 4.90 Å². The standard InChI is InChI=1S/C15H28N2O3/c1-3-10-17(11-4-2)15(20)16-13(14(18)19)12-8-6-5-7-9-12/h12-13H,3-11H2,1-2H3,(H,16,20)(H,18,19). The summed E-state index contributed by atoms with van der Waals surface area (Å²) in [5.74, 6) is -0.825. The van der Waals surface area contributed by atoms with E-state index in [4.69, 9.17) is 0 Å². The molecular weight excluding hydrogens is 256 g/mol. The molecule has 1 rings (SSSR count). The van der Waals surface area contributed by atoms with Gasteiger partial charge in [-0.05, 0) is 31.6 Å². The number of carbonyl (C=O) groups excluding carboxylic acids is 1. The van der Waals surface area contributed by atoms with Gasteiger partial charge in [0.1, 0.15) is 6.04 Å². The minimum Gasteiger partial charge on any atom is -0.480 e. The van der Waals surface area contributed by atoms with Crippen LogP contribution in [0.3, 0.4) is 0 Å². The molecule has 2 N–H and O–H groups in total. The second-order valence-corrected chi connectivity index (χ2v) is 5.65. The molecule has 1 aliphatic rings. The molecule has 0 saturated heterocycles. The molecule has 0 aliphatic heterocycles. The summed E-state index contributed by atoms with van der Waals surface area (Å²) in [7, 11) is 0. The van der Waals surface area contributed by atoms with Gasteiger partial charge in [-0.15, -0.1) is 0 Å². The molecule has 5 nitrogen and oxygen atoms in total. The average molecular weight is 284 g/mol. The monoisotopic (exact) mass is 284 g/mol. The van der Waals surface area contributed by atoms with Gasteiger partial charge in [0.05, 0.1) is 0 Å². The van der Waals surface area contributed by atoms with E-state index >= 15 is 0 Å². The number of urea groups is 1. The zero-order valence-corrected chi connectivity index (χ0v) is 12.7. The lowest BCUT2D eigenvalue weighted by Crippen LogP contribution is -2.51. The minimum atomic E-state index is -0.904. The Balaban J connectivity index is 2.63. The third-order valence-electron chi connectivity index (χ3n) is 3.94. The van der Waals surface area contributed by atoms with E-state index in [1.165, 1.54) is 6.42 Å². The Morgan fingerprint density at radius 1 is 1.15 bits per heavy atom. The van der Waals surface area contributed by atoms with Crippen molar-refractivity contribution in [3.8, 4) is 0 Å². The second kappa shape index (κ2) is 8.82. The summed E-state index contributed by atoms with van der Waals surface area (Å²) < 4.78 is 0. The molecule has 0 aromatic heterocycles. The number of amides is 2. The van der Waals surface area contributed by atoms with Crippen LogP contribution in [0.1, 0.15) is 58.8 Å². The van der Waals surface area contributed by atoms with Crippen LogP contribution in [0.2, 0.25) is 0 Å². The lowest BCUT2D eigenvalue weighted by Gasteiger charge is -2.30. The van der Waals surface area contributed by atoms with E-state index in [2.05, 4.69) is 5.32 Å². The summed E-state index contributed by atoms with van der Waals surface area (Å²) >= 11 is 0. The van der Waals surface area contributed by atoms with Gasteiger partial charge in [-0.3, -0.25) is 0 Å². The van der Waals surface area contributed by atoms with Crippen LogP contribution in [-0.2, 0) is 4.79 Å². The first kappa shape index (κ1) is 16.8. The highest BCUT2D eigenvalue weighted by atomic mass is 16.4. The molecule has 0 heterocycles. The van der Waals surface area contributed by atoms with E-state index in [-0.39, 0.29) is 11.9 Å². The summed E-state index contributed by atoms with van der Waals surface area (Å²) in [4.78, 5) is 25.4. The fraction of sp³-hybridized carbons (Fsp3) is 0.867. The van der Waals surface area contributed by atoms with Gasteiger partial charge >= 0.3 is 12.0 Å². The number of nitrogens with zero attached hydrogens (tertiary/aromatic N) is 1. The summed E-state index contributed by atoms with van der Waals surface area (Å²) in [5.41, 5.74) is 0. The maximum atomic E-state index is 12.2. The van der Waals surface area contributed by atoms with Gasteiger partial charge in [0, 0.05) is 13.1 Å². The molecular formula is C15H28N2O3. The van der Waals surface area contributed by atoms with Crippen molar-refractivity contribution >= 4 is 12.0 Å². The van der Waals surface area contributed by atoms with Crippen molar-refractivity contribution in [3.05, 3.63) is 0 Å². The van der Waals surface area contributed by atoms with Gasteiger partial charge in [0.25, 0.3) is 0 Å². The molecule has 1 unspecified atom stereocenters. The molecule has 0 aromatic carbocycles. The number of rotatable bonds is 7. The van der Waals surface area contributed by atoms with Gasteiger partial charge in [-0.25, -0.2) is 9.59 Å². The number of carbonyl (C=O) groups is 2. The minimum absolute atomic E-state index is 0.0790. The molecule has 1 saturated carbocycles. The molecule has 0 bridgehead atoms. The highest BCUT2D eigenvalue weighted by Gasteiger charge is 2.31. The first-order valence-corrected chi connectivity index (χ1v) is 7.88. The summed E-state index contributed by atoms with van der Waals surface area (Å²) in [6, 6.07) is -0.967. The first-order valence-electron chi connectivity index (χ1n) is 7.88. The Morgan fingerprint density at radius 2 is 1.70 bits per heavy atom. The second-order valence-electron chi connectivity index (χ2n) is 5.65. The molecule has 1 atom stereocenters. The van der Waals surface area contributed by atoms with Crippen molar-refractivity contribution in [2.24, 2.45) is 5.92 Å². The van der Waals surface area contributed by atoms with E-state index < -0.39 is 12.0 Å². The zero-order chi connectivity index (χ0) is 15.0. The number of hydrogen-bond donors (Lipinski definition) is 2. The topological polar surface area (TPSA) is 69.6 Å². The van der Waals surface area contributed by atoms with E-state index in [0.717, 1.165) is 38.5 Å². The molecule has 1 aliphatic carbocycles. The Bertz CT molecular complexity index is 308. The van der Waals surface area contributed by atoms with Crippen LogP contribution >= 0.6 is 0 Å². The number of nitrogens with one attached hydrogen (secondary N) is 1. The molecule has 0 spiro atoms. The smallest absolute Gasteiger partial charge is 0.326 e. The van der Waals surface area contributed by atoms with Gasteiger partial charge in [0.2, 0.25) is 0 Å². The van der Waals surface area contributed by atoms with Crippen LogP contribution in [0, 0.1) is 5.92 Å². The third kappa shape index (κ3) is 5.02. The van der Waals surface area contributed by atoms with Crippen LogP contribution < -0.4 is 5.32 Å². The number of carboxylic acids is 1. The van der Waals surface area contributed by atoms with Gasteiger partial charge in [-0.1, -0.05) is 33.1 Å². The number of carboxylic acid groups (broad SMARTS) is 1. The van der Waals surface area contributed by atoms with Crippen molar-refractivity contribution in [3.63, 3.8) is 0 Å². The summed E-state index contributed by atoms with van der Waals surface area (Å²) in [5, 5.41) is 12.1. The molecule has 0 aromatic rings. The Morgan fingerprint density at radius 3 is 2.15 bits per heavy atom. The molecule has 0 radical (unpaired) electrons. The van der Waals surface area contributed by atoms with Crippen molar-refractivity contribution in [1.82, 2.24) is 10.2 Å². The lowest BCUT2D eigenvalue weighted by molar-refractivity contribution is -0.141. The van der Waals surface area contributed by atoms with E-state index in [9.17, 15) is 14.7 Å². The summed E-state index contributed by atoms with van der Waals surface area (Å²) in [6.45, 7) is 5.39. The highest BCUT2D eigenvalue weighted by Crippen LogP contribution is 2.26. The number of aliphatic carboxylic acids is 1. The van der Waals surface area contributed by atoms with Gasteiger partial charge in [0.15, 0.2) is 0 Å². The molecule has 20 heavy (non-hydrogen) atoms. The Labute approximate surface area is 121 Å². The largest absolute Gasteiger partial charge is 0.480 e. The molecule has 116 valence electrons. The van der Waals surface area contributed by atoms with Crippen LogP contribution in [0.4, 0.5) is 4.79 Å². The zero-order valence-electron chi connectivity index (χ0n) is 12.7. The molecule has 5 heteroatoms. The lowest BCUT2D eigenvalue weighted by atomic mass is 9.84. The van der Waals surface area contributed by atoms with E-state index in [0.29, 0.717) is 13.1 Å².